The molecule has 0 atom stereocenters. The second-order valence-corrected chi connectivity index (χ2v) is 4.36. The first-order valence-corrected chi connectivity index (χ1v) is 6.60. The Labute approximate surface area is 122 Å². The highest BCUT2D eigenvalue weighted by atomic mass is 16.5. The molecule has 0 spiro atoms. The molecule has 0 saturated carbocycles. The maximum atomic E-state index is 11.4. The molecular weight excluding hydrogens is 272 g/mol. The number of aryl methyl sites for hydroxylation is 1. The van der Waals surface area contributed by atoms with Crippen molar-refractivity contribution in [3.05, 3.63) is 47.4 Å². The fraction of sp³-hybridized carbons (Fsp3) is 0.267. The van der Waals surface area contributed by atoms with Gasteiger partial charge in [0.2, 0.25) is 0 Å². The van der Waals surface area contributed by atoms with Crippen LogP contribution in [0.3, 0.4) is 0 Å². The number of carbonyl (C=O) groups excluding carboxylic acids is 1. The predicted molar refractivity (Wildman–Crippen MR) is 77.0 cm³/mol. The molecule has 21 heavy (non-hydrogen) atoms. The van der Waals surface area contributed by atoms with Crippen molar-refractivity contribution in [3.63, 3.8) is 0 Å². The molecule has 2 aromatic rings. The van der Waals surface area contributed by atoms with Crippen molar-refractivity contribution >= 4 is 5.91 Å². The Morgan fingerprint density at radius 2 is 1.86 bits per heavy atom. The van der Waals surface area contributed by atoms with E-state index in [2.05, 4.69) is 0 Å². The van der Waals surface area contributed by atoms with Gasteiger partial charge >= 0.3 is 5.91 Å². The van der Waals surface area contributed by atoms with Crippen LogP contribution in [0.2, 0.25) is 0 Å². The summed E-state index contributed by atoms with van der Waals surface area (Å²) in [6.07, 6.45) is 0. The predicted octanol–water partition coefficient (Wildman–Crippen LogP) is 2.17. The van der Waals surface area contributed by atoms with Crippen LogP contribution in [0.4, 0.5) is 0 Å². The van der Waals surface area contributed by atoms with E-state index < -0.39 is 5.91 Å². The van der Waals surface area contributed by atoms with Gasteiger partial charge in [-0.3, -0.25) is 10.2 Å². The number of amides is 1. The summed E-state index contributed by atoms with van der Waals surface area (Å²) in [7, 11) is 0. The number of ether oxygens (including phenoxy) is 2. The summed E-state index contributed by atoms with van der Waals surface area (Å²) in [6, 6.07) is 8.95. The minimum Gasteiger partial charge on any atom is -0.494 e. The average molecular weight is 290 g/mol. The molecule has 0 aliphatic carbocycles. The molecule has 0 aliphatic heterocycles. The highest BCUT2D eigenvalue weighted by Crippen LogP contribution is 2.20. The van der Waals surface area contributed by atoms with Crippen LogP contribution in [0.25, 0.3) is 0 Å². The molecule has 0 unspecified atom stereocenters. The van der Waals surface area contributed by atoms with Gasteiger partial charge in [-0.1, -0.05) is 0 Å². The Bertz CT molecular complexity index is 605. The molecule has 1 aromatic heterocycles. The lowest BCUT2D eigenvalue weighted by atomic mass is 10.2. The third kappa shape index (κ3) is 3.76. The fourth-order valence-electron chi connectivity index (χ4n) is 1.81. The third-order valence-corrected chi connectivity index (χ3v) is 2.90. The summed E-state index contributed by atoms with van der Waals surface area (Å²) >= 11 is 0. The van der Waals surface area contributed by atoms with Crippen LogP contribution in [-0.2, 0) is 6.61 Å². The van der Waals surface area contributed by atoms with Crippen molar-refractivity contribution < 1.29 is 18.7 Å². The van der Waals surface area contributed by atoms with E-state index in [4.69, 9.17) is 19.7 Å². The first-order chi connectivity index (χ1) is 10.1. The monoisotopic (exact) mass is 290 g/mol. The van der Waals surface area contributed by atoms with Crippen LogP contribution in [0, 0.1) is 6.92 Å². The Balaban J connectivity index is 1.99. The van der Waals surface area contributed by atoms with Gasteiger partial charge in [-0.2, -0.15) is 0 Å². The molecular formula is C15H18N2O4. The normalized spacial score (nSPS) is 10.2. The number of furan rings is 1. The molecule has 0 fully saturated rings. The lowest BCUT2D eigenvalue weighted by Crippen LogP contribution is -2.29. The lowest BCUT2D eigenvalue weighted by Gasteiger charge is -2.07. The third-order valence-electron chi connectivity index (χ3n) is 2.90. The van der Waals surface area contributed by atoms with Crippen molar-refractivity contribution in [2.45, 2.75) is 20.5 Å². The molecule has 1 amide bonds. The van der Waals surface area contributed by atoms with E-state index in [1.54, 1.807) is 13.0 Å². The number of rotatable bonds is 6. The molecule has 1 heterocycles. The highest BCUT2D eigenvalue weighted by Gasteiger charge is 2.13. The van der Waals surface area contributed by atoms with Crippen LogP contribution in [0.15, 0.2) is 34.7 Å². The van der Waals surface area contributed by atoms with Gasteiger partial charge in [0.1, 0.15) is 23.9 Å². The minimum absolute atomic E-state index is 0.167. The van der Waals surface area contributed by atoms with Crippen LogP contribution in [0.1, 0.15) is 28.8 Å². The van der Waals surface area contributed by atoms with Crippen LogP contribution in [-0.4, -0.2) is 12.5 Å². The first-order valence-electron chi connectivity index (χ1n) is 6.60. The Morgan fingerprint density at radius 3 is 2.43 bits per heavy atom. The second kappa shape index (κ2) is 6.81. The van der Waals surface area contributed by atoms with Crippen molar-refractivity contribution in [1.29, 1.82) is 0 Å². The standard InChI is InChI=1S/C15H18N2O4/c1-3-19-12-4-6-13(7-5-12)20-9-11-8-14(15(18)17-16)21-10(11)2/h4-8H,3,9,16H2,1-2H3,(H,17,18). The maximum Gasteiger partial charge on any atom is 0.300 e. The number of nitrogen functional groups attached to an aromatic ring is 1. The Kier molecular flexibility index (Phi) is 4.84. The lowest BCUT2D eigenvalue weighted by molar-refractivity contribution is 0.0924. The zero-order valence-electron chi connectivity index (χ0n) is 12.0. The van der Waals surface area contributed by atoms with Crippen LogP contribution < -0.4 is 20.7 Å². The number of hydrazine groups is 1. The molecule has 0 radical (unpaired) electrons. The maximum absolute atomic E-state index is 11.4. The van der Waals surface area contributed by atoms with Gasteiger partial charge in [-0.15, -0.1) is 0 Å². The van der Waals surface area contributed by atoms with Gasteiger partial charge in [0.25, 0.3) is 0 Å². The van der Waals surface area contributed by atoms with Crippen molar-refractivity contribution in [1.82, 2.24) is 5.43 Å². The fourth-order valence-corrected chi connectivity index (χ4v) is 1.81. The van der Waals surface area contributed by atoms with Gasteiger partial charge in [0, 0.05) is 5.56 Å². The average Bonchev–Trinajstić information content (AvgIpc) is 2.87. The molecule has 6 heteroatoms. The van der Waals surface area contributed by atoms with E-state index in [0.29, 0.717) is 24.7 Å². The van der Waals surface area contributed by atoms with Crippen molar-refractivity contribution in [2.24, 2.45) is 5.84 Å². The molecule has 6 nitrogen and oxygen atoms in total. The summed E-state index contributed by atoms with van der Waals surface area (Å²) < 4.78 is 16.3. The SMILES string of the molecule is CCOc1ccc(OCc2cc(C(=O)NN)oc2C)cc1. The van der Waals surface area contributed by atoms with Gasteiger partial charge in [0.15, 0.2) is 5.76 Å². The number of nitrogens with one attached hydrogen (secondary N) is 1. The number of benzene rings is 1. The van der Waals surface area contributed by atoms with Crippen LogP contribution in [0.5, 0.6) is 11.5 Å². The van der Waals surface area contributed by atoms with E-state index in [9.17, 15) is 4.79 Å². The van der Waals surface area contributed by atoms with E-state index in [1.807, 2.05) is 36.6 Å². The van der Waals surface area contributed by atoms with E-state index >= 15 is 0 Å². The second-order valence-electron chi connectivity index (χ2n) is 4.36. The minimum atomic E-state index is -0.467. The first kappa shape index (κ1) is 14.9. The zero-order chi connectivity index (χ0) is 15.2. The van der Waals surface area contributed by atoms with E-state index in [-0.39, 0.29) is 5.76 Å². The molecule has 1 aromatic carbocycles. The molecule has 112 valence electrons. The molecule has 0 saturated heterocycles. The summed E-state index contributed by atoms with van der Waals surface area (Å²) in [5.74, 6) is 6.90. The largest absolute Gasteiger partial charge is 0.494 e. The summed E-state index contributed by atoms with van der Waals surface area (Å²) in [4.78, 5) is 11.4. The number of carbonyl (C=O) groups is 1. The van der Waals surface area contributed by atoms with E-state index in [1.165, 1.54) is 0 Å². The Morgan fingerprint density at radius 1 is 1.24 bits per heavy atom. The van der Waals surface area contributed by atoms with Crippen molar-refractivity contribution in [3.8, 4) is 11.5 Å². The molecule has 0 aliphatic rings. The zero-order valence-corrected chi connectivity index (χ0v) is 12.0. The highest BCUT2D eigenvalue weighted by molar-refractivity contribution is 5.91. The van der Waals surface area contributed by atoms with Gasteiger partial charge in [-0.25, -0.2) is 5.84 Å². The molecule has 2 rings (SSSR count). The quantitative estimate of drug-likeness (QED) is 0.483. The number of nitrogens with two attached hydrogens (primary N) is 1. The Hall–Kier alpha value is -2.47. The van der Waals surface area contributed by atoms with Gasteiger partial charge in [-0.05, 0) is 44.2 Å². The van der Waals surface area contributed by atoms with Gasteiger partial charge in [0.05, 0.1) is 6.61 Å². The molecule has 0 bridgehead atoms. The van der Waals surface area contributed by atoms with Gasteiger partial charge < -0.3 is 13.9 Å². The summed E-state index contributed by atoms with van der Waals surface area (Å²) in [5, 5.41) is 0. The molecule has 3 N–H and O–H groups in total. The van der Waals surface area contributed by atoms with E-state index in [0.717, 1.165) is 11.3 Å². The van der Waals surface area contributed by atoms with Crippen molar-refractivity contribution in [2.75, 3.05) is 6.61 Å². The summed E-state index contributed by atoms with van der Waals surface area (Å²) in [5.41, 5.74) is 2.82. The smallest absolute Gasteiger partial charge is 0.300 e. The number of hydrogen-bond acceptors (Lipinski definition) is 5. The number of hydrogen-bond donors (Lipinski definition) is 2. The topological polar surface area (TPSA) is 86.7 Å². The van der Waals surface area contributed by atoms with Crippen LogP contribution >= 0.6 is 0 Å². The summed E-state index contributed by atoms with van der Waals surface area (Å²) in [6.45, 7) is 4.63.